The molecule has 0 aliphatic rings. The molecular weight excluding hydrogens is 363 g/mol. The van der Waals surface area contributed by atoms with E-state index < -0.39 is 0 Å². The van der Waals surface area contributed by atoms with Crippen LogP contribution in [0.25, 0.3) is 22.4 Å². The zero-order valence-corrected chi connectivity index (χ0v) is 15.4. The molecule has 0 aliphatic carbocycles. The molecule has 0 amide bonds. The number of hydrogen-bond acceptors (Lipinski definition) is 1. The van der Waals surface area contributed by atoms with E-state index in [-0.39, 0.29) is 0 Å². The Kier molecular flexibility index (Phi) is 4.79. The molecule has 0 unspecified atom stereocenters. The highest BCUT2D eigenvalue weighted by Gasteiger charge is 2.06. The molecule has 4 aromatic rings. The molecule has 0 saturated heterocycles. The summed E-state index contributed by atoms with van der Waals surface area (Å²) in [6, 6.07) is 24.5. The summed E-state index contributed by atoms with van der Waals surface area (Å²) in [6.07, 6.45) is 2.55. The maximum Gasteiger partial charge on any atom is 0.110 e. The van der Waals surface area contributed by atoms with Crippen LogP contribution in [0.15, 0.2) is 79.0 Å². The Balaban J connectivity index is 1.53. The van der Waals surface area contributed by atoms with Crippen LogP contribution in [-0.2, 0) is 6.42 Å². The van der Waals surface area contributed by atoms with Gasteiger partial charge in [0.2, 0.25) is 0 Å². The molecule has 4 rings (SSSR count). The Morgan fingerprint density at radius 3 is 2.15 bits per heavy atom. The van der Waals surface area contributed by atoms with Gasteiger partial charge in [-0.25, -0.2) is 4.98 Å². The second kappa shape index (κ2) is 7.36. The highest BCUT2D eigenvalue weighted by Crippen LogP contribution is 2.26. The molecule has 1 N–H and O–H groups in total. The van der Waals surface area contributed by atoms with Crippen LogP contribution in [0.3, 0.4) is 0 Å². The smallest absolute Gasteiger partial charge is 0.110 e. The van der Waals surface area contributed by atoms with E-state index in [1.165, 1.54) is 11.1 Å². The van der Waals surface area contributed by atoms with Crippen LogP contribution in [0.2, 0.25) is 10.0 Å². The lowest BCUT2D eigenvalue weighted by Crippen LogP contribution is -1.91. The molecule has 0 bridgehead atoms. The van der Waals surface area contributed by atoms with Gasteiger partial charge in [0, 0.05) is 6.42 Å². The average molecular weight is 379 g/mol. The molecule has 3 aromatic carbocycles. The van der Waals surface area contributed by atoms with Crippen molar-refractivity contribution in [2.24, 2.45) is 0 Å². The van der Waals surface area contributed by atoms with E-state index in [1.807, 2.05) is 42.6 Å². The van der Waals surface area contributed by atoms with Gasteiger partial charge in [0.05, 0.1) is 21.9 Å². The first kappa shape index (κ1) is 16.9. The van der Waals surface area contributed by atoms with E-state index in [9.17, 15) is 0 Å². The number of nitrogens with zero attached hydrogens (tertiary/aromatic N) is 1. The quantitative estimate of drug-likeness (QED) is 0.423. The van der Waals surface area contributed by atoms with Gasteiger partial charge in [0.15, 0.2) is 0 Å². The molecule has 0 saturated carbocycles. The second-order valence-corrected chi connectivity index (χ2v) is 6.93. The van der Waals surface area contributed by atoms with Gasteiger partial charge in [0.1, 0.15) is 5.82 Å². The summed E-state index contributed by atoms with van der Waals surface area (Å²) in [6.45, 7) is 0. The van der Waals surface area contributed by atoms with Gasteiger partial charge < -0.3 is 4.98 Å². The Bertz CT molecular complexity index is 1020. The molecule has 0 atom stereocenters. The topological polar surface area (TPSA) is 28.7 Å². The van der Waals surface area contributed by atoms with Gasteiger partial charge >= 0.3 is 0 Å². The standard InChI is InChI=1S/C22H16Cl2N2/c23-19-11-6-15(12-20(19)24)13-22-25-14-21(26-22)18-9-7-17(8-10-18)16-4-2-1-3-5-16/h1-12,14H,13H2,(H,25,26). The Hall–Kier alpha value is -2.55. The normalized spacial score (nSPS) is 10.8. The van der Waals surface area contributed by atoms with Crippen molar-refractivity contribution < 1.29 is 0 Å². The SMILES string of the molecule is Clc1ccc(Cc2ncc(-c3ccc(-c4ccccc4)cc3)[nH]2)cc1Cl. The molecule has 26 heavy (non-hydrogen) atoms. The second-order valence-electron chi connectivity index (χ2n) is 6.11. The first-order valence-electron chi connectivity index (χ1n) is 8.33. The minimum Gasteiger partial charge on any atom is -0.342 e. The van der Waals surface area contributed by atoms with Crippen LogP contribution in [0.5, 0.6) is 0 Å². The number of imidazole rings is 1. The largest absolute Gasteiger partial charge is 0.342 e. The zero-order chi connectivity index (χ0) is 17.9. The molecule has 0 radical (unpaired) electrons. The third-order valence-electron chi connectivity index (χ3n) is 4.29. The van der Waals surface area contributed by atoms with Crippen LogP contribution in [0.1, 0.15) is 11.4 Å². The molecular formula is C22H16Cl2N2. The number of benzene rings is 3. The highest BCUT2D eigenvalue weighted by atomic mass is 35.5. The zero-order valence-electron chi connectivity index (χ0n) is 13.9. The van der Waals surface area contributed by atoms with Crippen LogP contribution in [-0.4, -0.2) is 9.97 Å². The number of H-pyrrole nitrogens is 1. The summed E-state index contributed by atoms with van der Waals surface area (Å²) in [7, 11) is 0. The van der Waals surface area contributed by atoms with Crippen molar-refractivity contribution in [3.05, 3.63) is 100 Å². The maximum atomic E-state index is 6.08. The predicted molar refractivity (Wildman–Crippen MR) is 109 cm³/mol. The van der Waals surface area contributed by atoms with Crippen molar-refractivity contribution in [3.8, 4) is 22.4 Å². The van der Waals surface area contributed by atoms with E-state index in [0.29, 0.717) is 16.5 Å². The summed E-state index contributed by atoms with van der Waals surface area (Å²) in [4.78, 5) is 7.87. The van der Waals surface area contributed by atoms with E-state index >= 15 is 0 Å². The number of nitrogens with one attached hydrogen (secondary N) is 1. The van der Waals surface area contributed by atoms with Crippen molar-refractivity contribution in [2.45, 2.75) is 6.42 Å². The minimum absolute atomic E-state index is 0.562. The molecule has 2 nitrogen and oxygen atoms in total. The van der Waals surface area contributed by atoms with E-state index in [4.69, 9.17) is 23.2 Å². The molecule has 4 heteroatoms. The van der Waals surface area contributed by atoms with E-state index in [2.05, 4.69) is 46.4 Å². The maximum absolute atomic E-state index is 6.08. The number of halogens is 2. The number of hydrogen-bond donors (Lipinski definition) is 1. The lowest BCUT2D eigenvalue weighted by Gasteiger charge is -2.03. The molecule has 1 heterocycles. The summed E-state index contributed by atoms with van der Waals surface area (Å²) in [5.41, 5.74) is 5.59. The fraction of sp³-hybridized carbons (Fsp3) is 0.0455. The molecule has 0 aliphatic heterocycles. The summed E-state index contributed by atoms with van der Waals surface area (Å²) < 4.78 is 0. The Morgan fingerprint density at radius 1 is 0.731 bits per heavy atom. The molecule has 128 valence electrons. The van der Waals surface area contributed by atoms with Crippen LogP contribution >= 0.6 is 23.2 Å². The lowest BCUT2D eigenvalue weighted by molar-refractivity contribution is 1.03. The van der Waals surface area contributed by atoms with Gasteiger partial charge in [-0.2, -0.15) is 0 Å². The average Bonchev–Trinajstić information content (AvgIpc) is 3.14. The molecule has 1 aromatic heterocycles. The molecule has 0 fully saturated rings. The van der Waals surface area contributed by atoms with Gasteiger partial charge in [-0.15, -0.1) is 0 Å². The minimum atomic E-state index is 0.562. The van der Waals surface area contributed by atoms with E-state index in [1.54, 1.807) is 0 Å². The number of rotatable bonds is 4. The van der Waals surface area contributed by atoms with Gasteiger partial charge in [0.25, 0.3) is 0 Å². The van der Waals surface area contributed by atoms with E-state index in [0.717, 1.165) is 22.6 Å². The Labute approximate surface area is 162 Å². The summed E-state index contributed by atoms with van der Waals surface area (Å²) in [5.74, 6) is 0.894. The number of aromatic amines is 1. The third-order valence-corrected chi connectivity index (χ3v) is 5.03. The van der Waals surface area contributed by atoms with Crippen LogP contribution in [0, 0.1) is 0 Å². The molecule has 0 spiro atoms. The number of aromatic nitrogens is 2. The summed E-state index contributed by atoms with van der Waals surface area (Å²) >= 11 is 12.1. The van der Waals surface area contributed by atoms with Crippen LogP contribution < -0.4 is 0 Å². The predicted octanol–water partition coefficient (Wildman–Crippen LogP) is 6.64. The van der Waals surface area contributed by atoms with Crippen LogP contribution in [0.4, 0.5) is 0 Å². The van der Waals surface area contributed by atoms with Crippen molar-refractivity contribution in [1.29, 1.82) is 0 Å². The Morgan fingerprint density at radius 2 is 1.42 bits per heavy atom. The van der Waals surface area contributed by atoms with Gasteiger partial charge in [-0.05, 0) is 34.4 Å². The first-order chi connectivity index (χ1) is 12.7. The lowest BCUT2D eigenvalue weighted by atomic mass is 10.0. The third kappa shape index (κ3) is 3.67. The van der Waals surface area contributed by atoms with Crippen molar-refractivity contribution >= 4 is 23.2 Å². The fourth-order valence-corrected chi connectivity index (χ4v) is 3.24. The monoisotopic (exact) mass is 378 g/mol. The van der Waals surface area contributed by atoms with Crippen molar-refractivity contribution in [3.63, 3.8) is 0 Å². The van der Waals surface area contributed by atoms with Gasteiger partial charge in [-0.3, -0.25) is 0 Å². The summed E-state index contributed by atoms with van der Waals surface area (Å²) in [5, 5.41) is 1.13. The van der Waals surface area contributed by atoms with Crippen molar-refractivity contribution in [1.82, 2.24) is 9.97 Å². The van der Waals surface area contributed by atoms with Crippen molar-refractivity contribution in [2.75, 3.05) is 0 Å². The highest BCUT2D eigenvalue weighted by molar-refractivity contribution is 6.42. The first-order valence-corrected chi connectivity index (χ1v) is 9.08. The fourth-order valence-electron chi connectivity index (χ4n) is 2.91. The van der Waals surface area contributed by atoms with Gasteiger partial charge in [-0.1, -0.05) is 83.9 Å².